The summed E-state index contributed by atoms with van der Waals surface area (Å²) in [6, 6.07) is 5.54. The monoisotopic (exact) mass is 208 g/mol. The Morgan fingerprint density at radius 3 is 2.87 bits per heavy atom. The molecular formula is C12H16O3. The molecule has 82 valence electrons. The summed E-state index contributed by atoms with van der Waals surface area (Å²) in [7, 11) is 0. The van der Waals surface area contributed by atoms with Gasteiger partial charge in [0.05, 0.1) is 0 Å². The molecule has 0 spiro atoms. The fourth-order valence-corrected chi connectivity index (χ4v) is 1.52. The Balaban J connectivity index is 0.000000337. The summed E-state index contributed by atoms with van der Waals surface area (Å²) in [6.45, 7) is 3.96. The van der Waals surface area contributed by atoms with Crippen molar-refractivity contribution in [2.24, 2.45) is 0 Å². The van der Waals surface area contributed by atoms with Crippen LogP contribution in [0, 0.1) is 0 Å². The smallest absolute Gasteiger partial charge is 0.150 e. The molecule has 0 aromatic heterocycles. The van der Waals surface area contributed by atoms with Crippen LogP contribution in [0.4, 0.5) is 0 Å². The Hall–Kier alpha value is -1.35. The lowest BCUT2D eigenvalue weighted by atomic mass is 10.1. The molecule has 1 aliphatic rings. The van der Waals surface area contributed by atoms with E-state index in [-0.39, 0.29) is 12.7 Å². The van der Waals surface area contributed by atoms with E-state index in [1.807, 2.05) is 19.1 Å². The van der Waals surface area contributed by atoms with Crippen molar-refractivity contribution in [1.29, 1.82) is 0 Å². The van der Waals surface area contributed by atoms with Crippen LogP contribution >= 0.6 is 0 Å². The van der Waals surface area contributed by atoms with Crippen LogP contribution in [0.25, 0.3) is 0 Å². The lowest BCUT2D eigenvalue weighted by Gasteiger charge is -2.01. The summed E-state index contributed by atoms with van der Waals surface area (Å²) in [6.07, 6.45) is 2.03. The number of carbonyl (C=O) groups excluding carboxylic acids is 1. The first kappa shape index (κ1) is 11.7. The molecule has 0 bridgehead atoms. The SMILES string of the molecule is CC1Cc2cc(C=O)ccc2O1.CCO. The molecule has 1 aromatic carbocycles. The largest absolute Gasteiger partial charge is 0.490 e. The second kappa shape index (κ2) is 5.51. The Morgan fingerprint density at radius 2 is 2.27 bits per heavy atom. The molecule has 0 saturated heterocycles. The zero-order valence-electron chi connectivity index (χ0n) is 9.06. The van der Waals surface area contributed by atoms with Crippen LogP contribution in [-0.4, -0.2) is 24.1 Å². The molecule has 2 rings (SSSR count). The minimum atomic E-state index is 0.250. The van der Waals surface area contributed by atoms with Gasteiger partial charge in [0.1, 0.15) is 18.1 Å². The van der Waals surface area contributed by atoms with Crippen molar-refractivity contribution >= 4 is 6.29 Å². The van der Waals surface area contributed by atoms with Crippen LogP contribution in [0.5, 0.6) is 5.75 Å². The van der Waals surface area contributed by atoms with Gasteiger partial charge in [-0.3, -0.25) is 4.79 Å². The molecule has 0 fully saturated rings. The Morgan fingerprint density at radius 1 is 1.60 bits per heavy atom. The molecule has 1 unspecified atom stereocenters. The van der Waals surface area contributed by atoms with Crippen LogP contribution in [0.2, 0.25) is 0 Å². The van der Waals surface area contributed by atoms with Gasteiger partial charge in [-0.05, 0) is 37.6 Å². The summed E-state index contributed by atoms with van der Waals surface area (Å²) >= 11 is 0. The van der Waals surface area contributed by atoms with Gasteiger partial charge in [0.25, 0.3) is 0 Å². The maximum atomic E-state index is 10.4. The third-order valence-corrected chi connectivity index (χ3v) is 2.06. The van der Waals surface area contributed by atoms with E-state index in [0.717, 1.165) is 29.6 Å². The molecule has 0 radical (unpaired) electrons. The first-order chi connectivity index (χ1) is 7.21. The molecule has 1 aromatic rings. The van der Waals surface area contributed by atoms with Gasteiger partial charge in [0.15, 0.2) is 0 Å². The quantitative estimate of drug-likeness (QED) is 0.716. The summed E-state index contributed by atoms with van der Waals surface area (Å²) in [4.78, 5) is 10.4. The Kier molecular flexibility index (Phi) is 4.31. The number of hydrogen-bond acceptors (Lipinski definition) is 3. The van der Waals surface area contributed by atoms with E-state index in [2.05, 4.69) is 0 Å². The van der Waals surface area contributed by atoms with Crippen LogP contribution in [0.1, 0.15) is 29.8 Å². The second-order valence-corrected chi connectivity index (χ2v) is 3.43. The zero-order valence-corrected chi connectivity index (χ0v) is 9.06. The van der Waals surface area contributed by atoms with E-state index in [1.54, 1.807) is 13.0 Å². The van der Waals surface area contributed by atoms with E-state index < -0.39 is 0 Å². The van der Waals surface area contributed by atoms with Crippen molar-refractivity contribution in [3.63, 3.8) is 0 Å². The number of fused-ring (bicyclic) bond motifs is 1. The standard InChI is InChI=1S/C10H10O2.C2H6O/c1-7-4-9-5-8(6-11)2-3-10(9)12-7;1-2-3/h2-3,5-7H,4H2,1H3;3H,2H2,1H3. The maximum Gasteiger partial charge on any atom is 0.150 e. The summed E-state index contributed by atoms with van der Waals surface area (Å²) in [5.41, 5.74) is 1.87. The topological polar surface area (TPSA) is 46.5 Å². The van der Waals surface area contributed by atoms with Crippen molar-refractivity contribution in [1.82, 2.24) is 0 Å². The third-order valence-electron chi connectivity index (χ3n) is 2.06. The van der Waals surface area contributed by atoms with Gasteiger partial charge >= 0.3 is 0 Å². The number of hydrogen-bond donors (Lipinski definition) is 1. The van der Waals surface area contributed by atoms with E-state index in [9.17, 15) is 4.79 Å². The Bertz CT molecular complexity index is 334. The van der Waals surface area contributed by atoms with Gasteiger partial charge in [-0.25, -0.2) is 0 Å². The highest BCUT2D eigenvalue weighted by atomic mass is 16.5. The molecule has 3 heteroatoms. The third kappa shape index (κ3) is 3.06. The summed E-state index contributed by atoms with van der Waals surface area (Å²) in [5.74, 6) is 0.924. The molecule has 0 aliphatic carbocycles. The second-order valence-electron chi connectivity index (χ2n) is 3.43. The number of aliphatic hydroxyl groups excluding tert-OH is 1. The van der Waals surface area contributed by atoms with Crippen molar-refractivity contribution in [2.75, 3.05) is 6.61 Å². The fraction of sp³-hybridized carbons (Fsp3) is 0.417. The maximum absolute atomic E-state index is 10.4. The van der Waals surface area contributed by atoms with Crippen LogP contribution in [0.3, 0.4) is 0 Å². The highest BCUT2D eigenvalue weighted by molar-refractivity contribution is 5.75. The summed E-state index contributed by atoms with van der Waals surface area (Å²) in [5, 5.41) is 7.57. The number of aldehydes is 1. The van der Waals surface area contributed by atoms with Crippen molar-refractivity contribution < 1.29 is 14.6 Å². The zero-order chi connectivity index (χ0) is 11.3. The van der Waals surface area contributed by atoms with Crippen molar-refractivity contribution in [2.45, 2.75) is 26.4 Å². The van der Waals surface area contributed by atoms with Gasteiger partial charge in [-0.15, -0.1) is 0 Å². The van der Waals surface area contributed by atoms with Crippen LogP contribution in [0.15, 0.2) is 18.2 Å². The van der Waals surface area contributed by atoms with Gasteiger partial charge < -0.3 is 9.84 Å². The number of aliphatic hydroxyl groups is 1. The molecule has 15 heavy (non-hydrogen) atoms. The average Bonchev–Trinajstić information content (AvgIpc) is 2.57. The van der Waals surface area contributed by atoms with E-state index in [4.69, 9.17) is 9.84 Å². The Labute approximate surface area is 89.7 Å². The first-order valence-electron chi connectivity index (χ1n) is 5.06. The predicted molar refractivity (Wildman–Crippen MR) is 58.4 cm³/mol. The van der Waals surface area contributed by atoms with Crippen LogP contribution < -0.4 is 4.74 Å². The minimum Gasteiger partial charge on any atom is -0.490 e. The van der Waals surface area contributed by atoms with E-state index >= 15 is 0 Å². The average molecular weight is 208 g/mol. The highest BCUT2D eigenvalue weighted by Gasteiger charge is 2.18. The first-order valence-corrected chi connectivity index (χ1v) is 5.06. The fourth-order valence-electron chi connectivity index (χ4n) is 1.52. The molecule has 1 heterocycles. The lowest BCUT2D eigenvalue weighted by Crippen LogP contribution is -2.05. The molecule has 0 saturated carbocycles. The van der Waals surface area contributed by atoms with E-state index in [1.165, 1.54) is 0 Å². The molecule has 3 nitrogen and oxygen atoms in total. The number of benzene rings is 1. The predicted octanol–water partition coefficient (Wildman–Crippen LogP) is 1.82. The lowest BCUT2D eigenvalue weighted by molar-refractivity contribution is 0.112. The number of carbonyl (C=O) groups is 1. The van der Waals surface area contributed by atoms with E-state index in [0.29, 0.717) is 0 Å². The normalized spacial score (nSPS) is 17.1. The van der Waals surface area contributed by atoms with Gasteiger partial charge in [0.2, 0.25) is 0 Å². The van der Waals surface area contributed by atoms with Gasteiger partial charge in [0, 0.05) is 18.6 Å². The van der Waals surface area contributed by atoms with Crippen LogP contribution in [-0.2, 0) is 6.42 Å². The summed E-state index contributed by atoms with van der Waals surface area (Å²) < 4.78 is 5.49. The number of rotatable bonds is 1. The van der Waals surface area contributed by atoms with Crippen molar-refractivity contribution in [3.05, 3.63) is 29.3 Å². The van der Waals surface area contributed by atoms with Gasteiger partial charge in [-0.1, -0.05) is 0 Å². The molecule has 1 atom stereocenters. The minimum absolute atomic E-state index is 0.250. The number of ether oxygens (including phenoxy) is 1. The molecule has 1 N–H and O–H groups in total. The molecular weight excluding hydrogens is 192 g/mol. The van der Waals surface area contributed by atoms with Gasteiger partial charge in [-0.2, -0.15) is 0 Å². The molecule has 1 aliphatic heterocycles. The molecule has 0 amide bonds. The van der Waals surface area contributed by atoms with Crippen molar-refractivity contribution in [3.8, 4) is 5.75 Å². The highest BCUT2D eigenvalue weighted by Crippen LogP contribution is 2.28.